The molecular weight excluding hydrogens is 1120 g/mol. The number of hydrogen-bond acceptors (Lipinski definition) is 22. The Morgan fingerprint density at radius 1 is 0.850 bits per heavy atom. The van der Waals surface area contributed by atoms with Gasteiger partial charge in [0.05, 0.1) is 149 Å². The van der Waals surface area contributed by atoms with E-state index >= 15 is 0 Å². The first-order valence-corrected chi connectivity index (χ1v) is 29.5. The Balaban J connectivity index is 0.00000547. The molecule has 1 amide bonds. The van der Waals surface area contributed by atoms with Crippen LogP contribution in [0.25, 0.3) is 0 Å². The Morgan fingerprint density at radius 2 is 1.40 bits per heavy atom. The van der Waals surface area contributed by atoms with Crippen molar-refractivity contribution in [3.8, 4) is 5.75 Å². The van der Waals surface area contributed by atoms with Gasteiger partial charge in [-0.15, -0.1) is 5.10 Å². The molecular formula is C50H80ClF3N8O16P2. The molecule has 2 aromatic rings. The first-order chi connectivity index (χ1) is 38.6. The number of hydrogen-bond donors (Lipinski definition) is 6. The third kappa shape index (κ3) is 31.0. The lowest BCUT2D eigenvalue weighted by Gasteiger charge is -2.34. The van der Waals surface area contributed by atoms with E-state index in [0.717, 1.165) is 6.21 Å². The summed E-state index contributed by atoms with van der Waals surface area (Å²) in [5, 5.41) is 22.8. The van der Waals surface area contributed by atoms with E-state index in [4.69, 9.17) is 74.0 Å². The van der Waals surface area contributed by atoms with Crippen LogP contribution in [-0.4, -0.2) is 201 Å². The van der Waals surface area contributed by atoms with Crippen molar-refractivity contribution in [1.29, 1.82) is 5.41 Å². The molecule has 2 saturated heterocycles. The summed E-state index contributed by atoms with van der Waals surface area (Å²) >= 11 is 6.23. The van der Waals surface area contributed by atoms with Gasteiger partial charge in [-0.25, -0.2) is 22.8 Å². The minimum Gasteiger partial charge on any atom is -0.420 e. The number of halogens is 4. The van der Waals surface area contributed by atoms with Crippen LogP contribution < -0.4 is 15.4 Å². The summed E-state index contributed by atoms with van der Waals surface area (Å²) in [7, 11) is -4.20. The second kappa shape index (κ2) is 42.9. The number of allylic oxidation sites excluding steroid dienone is 1. The molecule has 454 valence electrons. The van der Waals surface area contributed by atoms with Crippen molar-refractivity contribution in [1.82, 2.24) is 30.5 Å². The van der Waals surface area contributed by atoms with Gasteiger partial charge in [-0.1, -0.05) is 43.7 Å². The lowest BCUT2D eigenvalue weighted by atomic mass is 9.95. The van der Waals surface area contributed by atoms with Crippen LogP contribution in [-0.2, 0) is 69.9 Å². The summed E-state index contributed by atoms with van der Waals surface area (Å²) in [6.45, 7) is 17.0. The summed E-state index contributed by atoms with van der Waals surface area (Å²) in [5.74, 6) is -5.64. The number of aliphatic imine (C=N–C) groups is 1. The van der Waals surface area contributed by atoms with E-state index in [1.54, 1.807) is 17.8 Å². The molecule has 3 atom stereocenters. The van der Waals surface area contributed by atoms with Crippen molar-refractivity contribution in [2.75, 3.05) is 131 Å². The number of nitrogens with zero attached hydrogens (tertiary/aromatic N) is 5. The Morgan fingerprint density at radius 3 is 1.96 bits per heavy atom. The van der Waals surface area contributed by atoms with E-state index < -0.39 is 52.1 Å². The summed E-state index contributed by atoms with van der Waals surface area (Å²) in [6.07, 6.45) is 5.58. The largest absolute Gasteiger partial charge is 0.420 e. The van der Waals surface area contributed by atoms with Crippen molar-refractivity contribution in [3.05, 3.63) is 65.1 Å². The molecule has 4 rings (SSSR count). The second-order valence-corrected chi connectivity index (χ2v) is 21.0. The SMILES string of the molecule is C=C(NC1CCC(COP(O)CP(O)O)O1)/C(C=N)=C(\N=C(/C)Cl)N1CCC(C(=O)NCCOCCOCCOCCOCc2cn(CCOCCOCCOCCOCCC(=O)Oc3c(F)cc(F)cc3F)nn2)CC1.CCC. The van der Waals surface area contributed by atoms with E-state index in [2.05, 4.69) is 51.1 Å². The van der Waals surface area contributed by atoms with Crippen molar-refractivity contribution in [3.63, 3.8) is 0 Å². The summed E-state index contributed by atoms with van der Waals surface area (Å²) in [5.41, 5.74) is 1.51. The van der Waals surface area contributed by atoms with Gasteiger partial charge in [0.2, 0.25) is 11.7 Å². The normalized spacial score (nSPS) is 16.5. The van der Waals surface area contributed by atoms with Crippen molar-refractivity contribution in [2.24, 2.45) is 10.9 Å². The van der Waals surface area contributed by atoms with Crippen LogP contribution in [0.15, 0.2) is 47.0 Å². The number of rotatable bonds is 42. The van der Waals surface area contributed by atoms with Gasteiger partial charge in [-0.05, 0) is 32.6 Å². The molecule has 24 nitrogen and oxygen atoms in total. The second-order valence-electron chi connectivity index (χ2n) is 17.6. The van der Waals surface area contributed by atoms with Crippen LogP contribution >= 0.6 is 28.4 Å². The van der Waals surface area contributed by atoms with Gasteiger partial charge in [-0.3, -0.25) is 9.59 Å². The fourth-order valence-corrected chi connectivity index (χ4v) is 8.83. The van der Waals surface area contributed by atoms with Crippen LogP contribution in [0.5, 0.6) is 5.75 Å². The molecule has 1 aromatic heterocycles. The standard InChI is InChI=1S/C47H72ClF3N8O16P2.C3H8/c1-34(54-43-4-3-39(74-43)32-73-77(64)33-76(62)63)40(29-52)46(55-35(2)48)58-9-5-36(6-10-58)47(61)53-8-13-66-16-19-69-23-24-71-25-26-72-31-38-30-59(57-56-38)11-14-67-17-20-70-22-21-68-18-15-65-12-7-44(60)75-45-41(50)27-37(49)28-42(45)51;1-3-2/h27-30,36,39,43,52,54,62-64H,1,3-26,31-33H2,2H3,(H,53,61);3H2,1-2H3/b46-40+,52-29?,55-35+;. The van der Waals surface area contributed by atoms with Crippen LogP contribution in [0, 0.1) is 28.8 Å². The Kier molecular flexibility index (Phi) is 37.7. The smallest absolute Gasteiger partial charge is 0.313 e. The van der Waals surface area contributed by atoms with Gasteiger partial charge in [0.25, 0.3) is 0 Å². The number of likely N-dealkylation sites (tertiary alicyclic amines) is 1. The molecule has 0 saturated carbocycles. The molecule has 0 radical (unpaired) electrons. The summed E-state index contributed by atoms with van der Waals surface area (Å²) in [4.78, 5) is 59.2. The fourth-order valence-electron chi connectivity index (χ4n) is 7.22. The van der Waals surface area contributed by atoms with E-state index in [9.17, 15) is 27.7 Å². The molecule has 30 heteroatoms. The van der Waals surface area contributed by atoms with Crippen LogP contribution in [0.1, 0.15) is 65.0 Å². The maximum Gasteiger partial charge on any atom is 0.313 e. The van der Waals surface area contributed by atoms with E-state index in [-0.39, 0.29) is 68.5 Å². The predicted octanol–water partition coefficient (Wildman–Crippen LogP) is 5.27. The molecule has 0 aliphatic carbocycles. The molecule has 2 fully saturated rings. The van der Waals surface area contributed by atoms with Gasteiger partial charge in [0.15, 0.2) is 28.4 Å². The van der Waals surface area contributed by atoms with Crippen LogP contribution in [0.3, 0.4) is 0 Å². The number of ether oxygens (including phenoxy) is 10. The molecule has 3 heterocycles. The highest BCUT2D eigenvalue weighted by Gasteiger charge is 2.30. The number of carbonyl (C=O) groups excluding carboxylic acids is 2. The van der Waals surface area contributed by atoms with Crippen LogP contribution in [0.2, 0.25) is 0 Å². The number of nitrogens with one attached hydrogen (secondary N) is 3. The highest BCUT2D eigenvalue weighted by atomic mass is 35.5. The average Bonchev–Trinajstić information content (AvgIpc) is 4.08. The maximum atomic E-state index is 13.6. The maximum absolute atomic E-state index is 13.6. The van der Waals surface area contributed by atoms with E-state index in [0.29, 0.717) is 166 Å². The fraction of sp³-hybridized carbons (Fsp3) is 0.680. The van der Waals surface area contributed by atoms with Gasteiger partial charge in [0, 0.05) is 49.6 Å². The molecule has 2 aliphatic rings. The molecule has 0 spiro atoms. The third-order valence-corrected chi connectivity index (χ3v) is 13.5. The molecule has 1 aromatic carbocycles. The van der Waals surface area contributed by atoms with Crippen LogP contribution in [0.4, 0.5) is 13.2 Å². The monoisotopic (exact) mass is 1200 g/mol. The zero-order valence-corrected chi connectivity index (χ0v) is 48.4. The number of aromatic nitrogens is 3. The summed E-state index contributed by atoms with van der Waals surface area (Å²) < 4.78 is 102. The highest BCUT2D eigenvalue weighted by molar-refractivity contribution is 7.63. The Labute approximate surface area is 473 Å². The molecule has 80 heavy (non-hydrogen) atoms. The first-order valence-electron chi connectivity index (χ1n) is 26.3. The molecule has 2 aliphatic heterocycles. The zero-order valence-electron chi connectivity index (χ0n) is 45.8. The average molecular weight is 1200 g/mol. The minimum absolute atomic E-state index is 0.0569. The van der Waals surface area contributed by atoms with Crippen molar-refractivity contribution >= 4 is 51.6 Å². The predicted molar refractivity (Wildman–Crippen MR) is 292 cm³/mol. The van der Waals surface area contributed by atoms with Gasteiger partial charge >= 0.3 is 5.97 Å². The number of carbonyl (C=O) groups is 2. The molecule has 0 bridgehead atoms. The number of piperidine rings is 1. The topological polar surface area (TPSA) is 291 Å². The van der Waals surface area contributed by atoms with Gasteiger partial charge < -0.3 is 87.5 Å². The molecule has 6 N–H and O–H groups in total. The number of amides is 1. The van der Waals surface area contributed by atoms with Crippen molar-refractivity contribution in [2.45, 2.75) is 84.8 Å². The first kappa shape index (κ1) is 70.4. The molecule has 3 unspecified atom stereocenters. The van der Waals surface area contributed by atoms with Gasteiger partial charge in [0.1, 0.15) is 28.7 Å². The lowest BCUT2D eigenvalue weighted by molar-refractivity contribution is -0.136. The van der Waals surface area contributed by atoms with E-state index in [1.807, 2.05) is 4.90 Å². The minimum atomic E-state index is -2.25. The van der Waals surface area contributed by atoms with Gasteiger partial charge in [-0.2, -0.15) is 0 Å². The third-order valence-electron chi connectivity index (χ3n) is 10.9. The quantitative estimate of drug-likeness (QED) is 0.0123. The summed E-state index contributed by atoms with van der Waals surface area (Å²) in [6, 6.07) is 0.836. The number of esters is 1. The Hall–Kier alpha value is -3.86. The Bertz CT molecular complexity index is 2130. The zero-order chi connectivity index (χ0) is 58.3. The number of benzene rings is 1. The highest BCUT2D eigenvalue weighted by Crippen LogP contribution is 2.44. The van der Waals surface area contributed by atoms with E-state index in [1.165, 1.54) is 6.42 Å². The lowest BCUT2D eigenvalue weighted by Crippen LogP contribution is -2.41. The van der Waals surface area contributed by atoms with Crippen molar-refractivity contribution < 1.29 is 89.3 Å².